The van der Waals surface area contributed by atoms with E-state index in [0.717, 1.165) is 16.7 Å². The molecule has 23 heavy (non-hydrogen) atoms. The minimum Gasteiger partial charge on any atom is -0.497 e. The van der Waals surface area contributed by atoms with Crippen LogP contribution in [0.15, 0.2) is 41.3 Å². The Hall–Kier alpha value is -2.05. The van der Waals surface area contributed by atoms with E-state index in [0.29, 0.717) is 5.75 Å². The van der Waals surface area contributed by atoms with Crippen LogP contribution in [0.2, 0.25) is 0 Å². The molecule has 124 valence electrons. The lowest BCUT2D eigenvalue weighted by Gasteiger charge is -2.13. The first-order valence-corrected chi connectivity index (χ1v) is 8.63. The van der Waals surface area contributed by atoms with E-state index < -0.39 is 10.0 Å². The second-order valence-corrected chi connectivity index (χ2v) is 7.01. The van der Waals surface area contributed by atoms with Crippen LogP contribution >= 0.6 is 0 Å². The van der Waals surface area contributed by atoms with Crippen LogP contribution < -0.4 is 14.2 Å². The Balaban J connectivity index is 2.27. The van der Waals surface area contributed by atoms with Crippen LogP contribution in [0.1, 0.15) is 16.7 Å². The van der Waals surface area contributed by atoms with Crippen molar-refractivity contribution in [3.8, 4) is 11.5 Å². The van der Waals surface area contributed by atoms with E-state index in [4.69, 9.17) is 9.47 Å². The van der Waals surface area contributed by atoms with Gasteiger partial charge in [0.1, 0.15) is 16.4 Å². The number of sulfonamides is 1. The van der Waals surface area contributed by atoms with E-state index in [9.17, 15) is 8.42 Å². The number of methoxy groups -OCH3 is 2. The first kappa shape index (κ1) is 17.3. The molecule has 1 N–H and O–H groups in total. The van der Waals surface area contributed by atoms with Gasteiger partial charge in [-0.2, -0.15) is 0 Å². The van der Waals surface area contributed by atoms with Crippen molar-refractivity contribution in [2.75, 3.05) is 14.2 Å². The molecule has 0 radical (unpaired) electrons. The largest absolute Gasteiger partial charge is 0.497 e. The van der Waals surface area contributed by atoms with Gasteiger partial charge in [0.15, 0.2) is 0 Å². The first-order valence-electron chi connectivity index (χ1n) is 7.15. The average Bonchev–Trinajstić information content (AvgIpc) is 2.55. The Morgan fingerprint density at radius 1 is 1.00 bits per heavy atom. The number of hydrogen-bond acceptors (Lipinski definition) is 4. The third-order valence-corrected chi connectivity index (χ3v) is 5.06. The Kier molecular flexibility index (Phi) is 5.28. The number of aryl methyl sites for hydroxylation is 2. The highest BCUT2D eigenvalue weighted by Crippen LogP contribution is 2.28. The molecule has 0 saturated carbocycles. The summed E-state index contributed by atoms with van der Waals surface area (Å²) >= 11 is 0. The monoisotopic (exact) mass is 335 g/mol. The molecule has 0 amide bonds. The Bertz CT molecular complexity index is 800. The molecule has 0 heterocycles. The summed E-state index contributed by atoms with van der Waals surface area (Å²) in [5.41, 5.74) is 3.08. The summed E-state index contributed by atoms with van der Waals surface area (Å²) in [6.07, 6.45) is 0. The normalized spacial score (nSPS) is 11.3. The summed E-state index contributed by atoms with van der Waals surface area (Å²) < 4.78 is 38.0. The molecule has 5 nitrogen and oxygen atoms in total. The van der Waals surface area contributed by atoms with Gasteiger partial charge in [0.2, 0.25) is 10.0 Å². The van der Waals surface area contributed by atoms with Crippen LogP contribution in [-0.2, 0) is 16.6 Å². The molecule has 0 atom stereocenters. The molecule has 0 aromatic heterocycles. The molecule has 6 heteroatoms. The van der Waals surface area contributed by atoms with Gasteiger partial charge in [-0.3, -0.25) is 0 Å². The van der Waals surface area contributed by atoms with Gasteiger partial charge in [0.05, 0.1) is 14.2 Å². The molecule has 0 aliphatic rings. The van der Waals surface area contributed by atoms with Crippen molar-refractivity contribution in [1.82, 2.24) is 4.72 Å². The molecule has 0 unspecified atom stereocenters. The third kappa shape index (κ3) is 4.03. The molecule has 0 spiro atoms. The molecule has 2 aromatic rings. The number of nitrogens with one attached hydrogen (secondary N) is 1. The van der Waals surface area contributed by atoms with Gasteiger partial charge < -0.3 is 9.47 Å². The Morgan fingerprint density at radius 2 is 1.74 bits per heavy atom. The zero-order valence-corrected chi connectivity index (χ0v) is 14.5. The second kappa shape index (κ2) is 7.02. The molecule has 0 saturated heterocycles. The molecule has 0 bridgehead atoms. The summed E-state index contributed by atoms with van der Waals surface area (Å²) in [7, 11) is -0.742. The van der Waals surface area contributed by atoms with E-state index in [1.54, 1.807) is 12.1 Å². The van der Waals surface area contributed by atoms with Crippen molar-refractivity contribution < 1.29 is 17.9 Å². The Labute approximate surface area is 137 Å². The van der Waals surface area contributed by atoms with Crippen LogP contribution in [0.5, 0.6) is 11.5 Å². The van der Waals surface area contributed by atoms with E-state index in [-0.39, 0.29) is 17.2 Å². The number of ether oxygens (including phenoxy) is 2. The van der Waals surface area contributed by atoms with E-state index in [1.807, 2.05) is 32.0 Å². The average molecular weight is 335 g/mol. The topological polar surface area (TPSA) is 64.6 Å². The van der Waals surface area contributed by atoms with Crippen molar-refractivity contribution >= 4 is 10.0 Å². The molecular weight excluding hydrogens is 314 g/mol. The van der Waals surface area contributed by atoms with Gasteiger partial charge in [-0.15, -0.1) is 0 Å². The van der Waals surface area contributed by atoms with Crippen molar-refractivity contribution in [3.05, 3.63) is 53.1 Å². The van der Waals surface area contributed by atoms with Crippen molar-refractivity contribution in [1.29, 1.82) is 0 Å². The summed E-state index contributed by atoms with van der Waals surface area (Å²) in [5, 5.41) is 0. The van der Waals surface area contributed by atoms with Crippen LogP contribution in [-0.4, -0.2) is 22.6 Å². The molecule has 0 fully saturated rings. The van der Waals surface area contributed by atoms with Crippen LogP contribution in [0.3, 0.4) is 0 Å². The summed E-state index contributed by atoms with van der Waals surface area (Å²) in [4.78, 5) is 0.0890. The maximum Gasteiger partial charge on any atom is 0.244 e. The fourth-order valence-electron chi connectivity index (χ4n) is 2.24. The van der Waals surface area contributed by atoms with Gasteiger partial charge in [-0.25, -0.2) is 13.1 Å². The fraction of sp³-hybridized carbons (Fsp3) is 0.294. The van der Waals surface area contributed by atoms with Crippen LogP contribution in [0, 0.1) is 13.8 Å². The standard InChI is InChI=1S/C17H21NO4S/c1-12-5-6-13(2)14(9-12)11-18-23(19,20)17-8-7-15(21-3)10-16(17)22-4/h5-10,18H,11H2,1-4H3. The Morgan fingerprint density at radius 3 is 2.39 bits per heavy atom. The highest BCUT2D eigenvalue weighted by Gasteiger charge is 2.20. The molecule has 0 aliphatic carbocycles. The van der Waals surface area contributed by atoms with Gasteiger partial charge in [0.25, 0.3) is 0 Å². The summed E-state index contributed by atoms with van der Waals surface area (Å²) in [6, 6.07) is 10.6. The van der Waals surface area contributed by atoms with Crippen molar-refractivity contribution in [3.63, 3.8) is 0 Å². The minimum atomic E-state index is -3.69. The summed E-state index contributed by atoms with van der Waals surface area (Å²) in [6.45, 7) is 4.16. The van der Waals surface area contributed by atoms with E-state index in [1.165, 1.54) is 20.3 Å². The molecule has 2 rings (SSSR count). The number of rotatable bonds is 6. The fourth-order valence-corrected chi connectivity index (χ4v) is 3.39. The summed E-state index contributed by atoms with van der Waals surface area (Å²) in [5.74, 6) is 0.785. The minimum absolute atomic E-state index is 0.0890. The zero-order chi connectivity index (χ0) is 17.0. The number of benzene rings is 2. The lowest BCUT2D eigenvalue weighted by atomic mass is 10.1. The van der Waals surface area contributed by atoms with E-state index >= 15 is 0 Å². The van der Waals surface area contributed by atoms with Crippen LogP contribution in [0.25, 0.3) is 0 Å². The lowest BCUT2D eigenvalue weighted by Crippen LogP contribution is -2.24. The maximum absolute atomic E-state index is 12.5. The van der Waals surface area contributed by atoms with Crippen molar-refractivity contribution in [2.45, 2.75) is 25.3 Å². The molecule has 2 aromatic carbocycles. The lowest BCUT2D eigenvalue weighted by molar-refractivity contribution is 0.386. The van der Waals surface area contributed by atoms with Gasteiger partial charge >= 0.3 is 0 Å². The van der Waals surface area contributed by atoms with Gasteiger partial charge in [-0.05, 0) is 37.1 Å². The smallest absolute Gasteiger partial charge is 0.244 e. The number of hydrogen-bond donors (Lipinski definition) is 1. The molecular formula is C17H21NO4S. The maximum atomic E-state index is 12.5. The third-order valence-electron chi connectivity index (χ3n) is 3.62. The van der Waals surface area contributed by atoms with Gasteiger partial charge in [-0.1, -0.05) is 23.8 Å². The quantitative estimate of drug-likeness (QED) is 0.882. The SMILES string of the molecule is COc1ccc(S(=O)(=O)NCc2cc(C)ccc2C)c(OC)c1. The zero-order valence-electron chi connectivity index (χ0n) is 13.7. The predicted octanol–water partition coefficient (Wildman–Crippen LogP) is 2.80. The second-order valence-electron chi connectivity index (χ2n) is 5.27. The predicted molar refractivity (Wildman–Crippen MR) is 89.5 cm³/mol. The van der Waals surface area contributed by atoms with Crippen LogP contribution in [0.4, 0.5) is 0 Å². The first-order chi connectivity index (χ1) is 10.9. The van der Waals surface area contributed by atoms with Gasteiger partial charge in [0, 0.05) is 12.6 Å². The highest BCUT2D eigenvalue weighted by atomic mass is 32.2. The van der Waals surface area contributed by atoms with Crippen molar-refractivity contribution in [2.24, 2.45) is 0 Å². The van der Waals surface area contributed by atoms with E-state index in [2.05, 4.69) is 4.72 Å². The molecule has 0 aliphatic heterocycles. The highest BCUT2D eigenvalue weighted by molar-refractivity contribution is 7.89.